The van der Waals surface area contributed by atoms with Crippen LogP contribution in [-0.2, 0) is 17.6 Å². The van der Waals surface area contributed by atoms with Crippen molar-refractivity contribution < 1.29 is 17.9 Å². The van der Waals surface area contributed by atoms with Crippen molar-refractivity contribution in [3.8, 4) is 0 Å². The van der Waals surface area contributed by atoms with Crippen LogP contribution in [0.3, 0.4) is 0 Å². The minimum atomic E-state index is -4.38. The number of nitrogens with zero attached hydrogens (tertiary/aromatic N) is 1. The third-order valence-corrected chi connectivity index (χ3v) is 5.41. The zero-order chi connectivity index (χ0) is 16.5. The minimum absolute atomic E-state index is 0.0618. The Morgan fingerprint density at radius 2 is 1.77 bits per heavy atom. The molecular formula is C16H22F3NOSi. The summed E-state index contributed by atoms with van der Waals surface area (Å²) in [6, 6.07) is 7.87. The number of rotatable bonds is 5. The van der Waals surface area contributed by atoms with Gasteiger partial charge in [0, 0.05) is 20.1 Å². The van der Waals surface area contributed by atoms with Crippen LogP contribution in [-0.4, -0.2) is 19.2 Å². The van der Waals surface area contributed by atoms with E-state index in [0.29, 0.717) is 17.5 Å². The Labute approximate surface area is 129 Å². The molecule has 0 aliphatic rings. The Hall–Kier alpha value is -1.27. The quantitative estimate of drug-likeness (QED) is 0.537. The molecule has 0 aliphatic heterocycles. The first-order chi connectivity index (χ1) is 10.1. The number of aromatic nitrogens is 1. The second-order valence-electron chi connectivity index (χ2n) is 6.76. The Bertz CT molecular complexity index is 656. The molecule has 0 unspecified atom stereocenters. The molecule has 2 rings (SSSR count). The van der Waals surface area contributed by atoms with Gasteiger partial charge in [0.15, 0.2) is 0 Å². The molecule has 0 saturated carbocycles. The molecule has 2 nitrogen and oxygen atoms in total. The Morgan fingerprint density at radius 3 is 2.36 bits per heavy atom. The highest BCUT2D eigenvalue weighted by atomic mass is 28.3. The molecule has 0 atom stereocenters. The van der Waals surface area contributed by atoms with E-state index in [4.69, 9.17) is 4.74 Å². The van der Waals surface area contributed by atoms with E-state index in [2.05, 4.69) is 19.6 Å². The molecule has 0 fully saturated rings. The van der Waals surface area contributed by atoms with Crippen molar-refractivity contribution in [2.24, 2.45) is 0 Å². The second kappa shape index (κ2) is 6.08. The van der Waals surface area contributed by atoms with Gasteiger partial charge in [0.25, 0.3) is 0 Å². The average Bonchev–Trinajstić information content (AvgIpc) is 2.67. The fraction of sp³-hybridized carbons (Fsp3) is 0.500. The van der Waals surface area contributed by atoms with E-state index in [1.54, 1.807) is 24.3 Å². The Morgan fingerprint density at radius 1 is 1.14 bits per heavy atom. The summed E-state index contributed by atoms with van der Waals surface area (Å²) in [4.78, 5) is 0. The molecular weight excluding hydrogens is 307 g/mol. The summed E-state index contributed by atoms with van der Waals surface area (Å²) in [6.45, 7) is 8.60. The molecule has 1 aromatic heterocycles. The summed E-state index contributed by atoms with van der Waals surface area (Å²) in [6.07, 6.45) is -4.38. The van der Waals surface area contributed by atoms with Gasteiger partial charge in [0.05, 0.1) is 5.52 Å². The molecule has 0 amide bonds. The number of para-hydroxylation sites is 1. The van der Waals surface area contributed by atoms with Crippen LogP contribution in [0.15, 0.2) is 24.3 Å². The van der Waals surface area contributed by atoms with Gasteiger partial charge in [-0.25, -0.2) is 0 Å². The highest BCUT2D eigenvalue weighted by molar-refractivity contribution is 6.76. The van der Waals surface area contributed by atoms with Crippen molar-refractivity contribution in [1.29, 1.82) is 0 Å². The maximum absolute atomic E-state index is 13.4. The molecule has 0 saturated heterocycles. The maximum atomic E-state index is 13.4. The van der Waals surface area contributed by atoms with Crippen LogP contribution in [0, 0.1) is 6.92 Å². The fourth-order valence-electron chi connectivity index (χ4n) is 2.51. The number of hydrogen-bond acceptors (Lipinski definition) is 1. The Kier molecular flexibility index (Phi) is 4.72. The summed E-state index contributed by atoms with van der Waals surface area (Å²) in [5.74, 6) is 0. The van der Waals surface area contributed by atoms with Gasteiger partial charge in [0.1, 0.15) is 12.4 Å². The van der Waals surface area contributed by atoms with Gasteiger partial charge in [-0.15, -0.1) is 0 Å². The van der Waals surface area contributed by atoms with E-state index in [-0.39, 0.29) is 12.3 Å². The highest BCUT2D eigenvalue weighted by Gasteiger charge is 2.37. The maximum Gasteiger partial charge on any atom is 0.431 e. The van der Waals surface area contributed by atoms with E-state index in [0.717, 1.165) is 6.04 Å². The number of benzene rings is 1. The molecule has 0 aliphatic carbocycles. The average molecular weight is 329 g/mol. The molecule has 1 heterocycles. The number of alkyl halides is 3. The number of fused-ring (bicyclic) bond motifs is 1. The monoisotopic (exact) mass is 329 g/mol. The standard InChI is InChI=1S/C16H22F3NOSi/c1-12-13-7-5-6-8-14(13)20(15(12)16(17,18)19)11-21-9-10-22(2,3)4/h5-8H,9-11H2,1-4H3. The van der Waals surface area contributed by atoms with Gasteiger partial charge in [-0.3, -0.25) is 0 Å². The topological polar surface area (TPSA) is 14.2 Å². The van der Waals surface area contributed by atoms with E-state index >= 15 is 0 Å². The van der Waals surface area contributed by atoms with Crippen molar-refractivity contribution in [2.45, 2.75) is 45.5 Å². The smallest absolute Gasteiger partial charge is 0.361 e. The summed E-state index contributed by atoms with van der Waals surface area (Å²) >= 11 is 0. The third-order valence-electron chi connectivity index (χ3n) is 3.71. The molecule has 1 aromatic carbocycles. The normalized spacial score (nSPS) is 13.0. The van der Waals surface area contributed by atoms with Crippen LogP contribution >= 0.6 is 0 Å². The highest BCUT2D eigenvalue weighted by Crippen LogP contribution is 2.37. The molecule has 0 bridgehead atoms. The van der Waals surface area contributed by atoms with Crippen LogP contribution < -0.4 is 0 Å². The molecule has 2 aromatic rings. The lowest BCUT2D eigenvalue weighted by Crippen LogP contribution is -2.22. The fourth-order valence-corrected chi connectivity index (χ4v) is 3.27. The predicted octanol–water partition coefficient (Wildman–Crippen LogP) is 5.28. The van der Waals surface area contributed by atoms with Gasteiger partial charge in [-0.2, -0.15) is 13.2 Å². The largest absolute Gasteiger partial charge is 0.431 e. The number of aryl methyl sites for hydroxylation is 1. The lowest BCUT2D eigenvalue weighted by molar-refractivity contribution is -0.146. The van der Waals surface area contributed by atoms with Crippen LogP contribution in [0.25, 0.3) is 10.9 Å². The zero-order valence-electron chi connectivity index (χ0n) is 13.4. The summed E-state index contributed by atoms with van der Waals surface area (Å²) < 4.78 is 46.9. The molecule has 22 heavy (non-hydrogen) atoms. The molecule has 0 spiro atoms. The lowest BCUT2D eigenvalue weighted by atomic mass is 10.1. The summed E-state index contributed by atoms with van der Waals surface area (Å²) in [7, 11) is -1.25. The summed E-state index contributed by atoms with van der Waals surface area (Å²) in [5, 5.41) is 0.628. The summed E-state index contributed by atoms with van der Waals surface area (Å²) in [5.41, 5.74) is 0.221. The molecule has 6 heteroatoms. The molecule has 0 N–H and O–H groups in total. The predicted molar refractivity (Wildman–Crippen MR) is 85.8 cm³/mol. The van der Waals surface area contributed by atoms with Crippen molar-refractivity contribution >= 4 is 19.0 Å². The van der Waals surface area contributed by atoms with Crippen LogP contribution in [0.2, 0.25) is 25.7 Å². The number of ether oxygens (including phenoxy) is 1. The van der Waals surface area contributed by atoms with Crippen molar-refractivity contribution in [2.75, 3.05) is 6.61 Å². The van der Waals surface area contributed by atoms with Gasteiger partial charge >= 0.3 is 6.18 Å². The SMILES string of the molecule is Cc1c(C(F)(F)F)n(COCC[Si](C)(C)C)c2ccccc12. The van der Waals surface area contributed by atoms with Crippen molar-refractivity contribution in [1.82, 2.24) is 4.57 Å². The first kappa shape index (κ1) is 17.1. The number of halogens is 3. The van der Waals surface area contributed by atoms with Gasteiger partial charge in [-0.05, 0) is 24.6 Å². The minimum Gasteiger partial charge on any atom is -0.361 e. The van der Waals surface area contributed by atoms with E-state index in [9.17, 15) is 13.2 Å². The first-order valence-corrected chi connectivity index (χ1v) is 11.0. The van der Waals surface area contributed by atoms with Gasteiger partial charge in [0.2, 0.25) is 0 Å². The van der Waals surface area contributed by atoms with Crippen molar-refractivity contribution in [3.63, 3.8) is 0 Å². The molecule has 122 valence electrons. The molecule has 0 radical (unpaired) electrons. The van der Waals surface area contributed by atoms with Crippen LogP contribution in [0.4, 0.5) is 13.2 Å². The van der Waals surface area contributed by atoms with Gasteiger partial charge < -0.3 is 9.30 Å². The zero-order valence-corrected chi connectivity index (χ0v) is 14.4. The second-order valence-corrected chi connectivity index (χ2v) is 12.4. The van der Waals surface area contributed by atoms with Crippen LogP contribution in [0.5, 0.6) is 0 Å². The third kappa shape index (κ3) is 3.73. The lowest BCUT2D eigenvalue weighted by Gasteiger charge is -2.17. The van der Waals surface area contributed by atoms with E-state index in [1.165, 1.54) is 11.5 Å². The van der Waals surface area contributed by atoms with E-state index in [1.807, 2.05) is 0 Å². The number of hydrogen-bond donors (Lipinski definition) is 0. The van der Waals surface area contributed by atoms with Crippen LogP contribution in [0.1, 0.15) is 11.3 Å². The Balaban J connectivity index is 2.31. The van der Waals surface area contributed by atoms with E-state index < -0.39 is 19.9 Å². The van der Waals surface area contributed by atoms with Gasteiger partial charge in [-0.1, -0.05) is 37.8 Å². The first-order valence-electron chi connectivity index (χ1n) is 7.34. The van der Waals surface area contributed by atoms with Crippen molar-refractivity contribution in [3.05, 3.63) is 35.5 Å².